The second-order valence-corrected chi connectivity index (χ2v) is 10.4. The molecule has 0 aliphatic rings. The normalized spacial score (nSPS) is 10.5. The Bertz CT molecular complexity index is 2040. The molecule has 46 heavy (non-hydrogen) atoms. The Morgan fingerprint density at radius 1 is 0.478 bits per heavy atom. The number of carbonyl (C=O) groups is 2. The van der Waals surface area contributed by atoms with Crippen LogP contribution in [0.3, 0.4) is 0 Å². The van der Waals surface area contributed by atoms with Gasteiger partial charge in [-0.25, -0.2) is 9.59 Å². The molecule has 0 N–H and O–H groups in total. The summed E-state index contributed by atoms with van der Waals surface area (Å²) in [6, 6.07) is 40.6. The zero-order chi connectivity index (χ0) is 31.9. The van der Waals surface area contributed by atoms with Crippen LogP contribution in [-0.2, 0) is 32.3 Å². The van der Waals surface area contributed by atoms with E-state index < -0.39 is 11.9 Å². The van der Waals surface area contributed by atoms with Crippen molar-refractivity contribution < 1.29 is 28.6 Å². The molecule has 0 unspecified atom stereocenters. The van der Waals surface area contributed by atoms with Gasteiger partial charge in [-0.05, 0) is 68.1 Å². The van der Waals surface area contributed by atoms with Crippen LogP contribution < -0.4 is 0 Å². The van der Waals surface area contributed by atoms with Crippen molar-refractivity contribution >= 4 is 44.9 Å². The number of nitrogens with zero attached hydrogens (tertiary/aromatic N) is 4. The van der Waals surface area contributed by atoms with Crippen LogP contribution in [-0.4, -0.2) is 32.9 Å². The molecule has 0 aliphatic heterocycles. The first-order valence-corrected chi connectivity index (χ1v) is 14.5. The fourth-order valence-corrected chi connectivity index (χ4v) is 5.51. The van der Waals surface area contributed by atoms with E-state index >= 15 is 0 Å². The molecule has 6 aromatic carbocycles. The van der Waals surface area contributed by atoms with E-state index in [1.54, 1.807) is 60.7 Å². The highest BCUT2D eigenvalue weighted by Gasteiger charge is 2.27. The Labute approximate surface area is 264 Å². The predicted octanol–water partition coefficient (Wildman–Crippen LogP) is 7.18. The lowest BCUT2D eigenvalue weighted by atomic mass is 9.87. The van der Waals surface area contributed by atoms with Crippen molar-refractivity contribution in [3.05, 3.63) is 167 Å². The average molecular weight is 603 g/mol. The van der Waals surface area contributed by atoms with Crippen molar-refractivity contribution in [2.45, 2.75) is 13.2 Å². The van der Waals surface area contributed by atoms with Crippen LogP contribution in [0.1, 0.15) is 22.3 Å². The van der Waals surface area contributed by atoms with Gasteiger partial charge in [-0.2, -0.15) is 9.58 Å². The van der Waals surface area contributed by atoms with Gasteiger partial charge in [0.25, 0.3) is 0 Å². The molecule has 0 amide bonds. The Kier molecular flexibility index (Phi) is 8.66. The lowest BCUT2D eigenvalue weighted by Gasteiger charge is -2.19. The molecule has 0 spiro atoms. The van der Waals surface area contributed by atoms with Crippen molar-refractivity contribution in [2.24, 2.45) is 0 Å². The van der Waals surface area contributed by atoms with Crippen LogP contribution in [0.15, 0.2) is 133 Å². The van der Waals surface area contributed by atoms with Gasteiger partial charge < -0.3 is 20.5 Å². The zero-order valence-electron chi connectivity index (χ0n) is 24.5. The molecule has 8 nitrogen and oxygen atoms in total. The highest BCUT2D eigenvalue weighted by molar-refractivity contribution is 6.41. The van der Waals surface area contributed by atoms with Crippen LogP contribution in [0.4, 0.5) is 0 Å². The van der Waals surface area contributed by atoms with E-state index in [4.69, 9.17) is 9.47 Å². The molecule has 0 bridgehead atoms. The molecule has 0 saturated heterocycles. The molecular weight excluding hydrogens is 576 g/mol. The third kappa shape index (κ3) is 5.98. The minimum atomic E-state index is -0.781. The molecule has 6 rings (SSSR count). The fourth-order valence-electron chi connectivity index (χ4n) is 5.51. The van der Waals surface area contributed by atoms with Crippen molar-refractivity contribution in [2.75, 3.05) is 0 Å². The fraction of sp³-hybridized carbons (Fsp3) is 0.0526. The van der Waals surface area contributed by atoms with Gasteiger partial charge >= 0.3 is 23.4 Å². The van der Waals surface area contributed by atoms with Crippen LogP contribution in [0.2, 0.25) is 0 Å². The molecule has 222 valence electrons. The monoisotopic (exact) mass is 602 g/mol. The number of benzene rings is 6. The molecule has 0 fully saturated rings. The highest BCUT2D eigenvalue weighted by Crippen LogP contribution is 2.40. The number of fused-ring (bicyclic) bond motifs is 2. The van der Waals surface area contributed by atoms with E-state index in [0.717, 1.165) is 32.7 Å². The van der Waals surface area contributed by atoms with Crippen LogP contribution >= 0.6 is 0 Å². The summed E-state index contributed by atoms with van der Waals surface area (Å²) in [7, 11) is 0. The Morgan fingerprint density at radius 2 is 0.848 bits per heavy atom. The number of hydrogen-bond donors (Lipinski definition) is 0. The maximum absolute atomic E-state index is 13.1. The summed E-state index contributed by atoms with van der Waals surface area (Å²) < 4.78 is 11.5. The standard InChI is InChI=1S/C38H26N4O4/c39-41-35(27-13-3-1-4-14-27)37(43)45-23-29-21-19-25-11-7-9-17-31(25)33(29)34-30(22-20-26-12-8-10-18-32(26)34)24-46-38(44)36(42-40)28-15-5-2-6-16-28/h1-22H,23-24H2. The highest BCUT2D eigenvalue weighted by atomic mass is 16.5. The summed E-state index contributed by atoms with van der Waals surface area (Å²) in [6.45, 7) is -0.245. The van der Waals surface area contributed by atoms with Crippen molar-refractivity contribution in [1.29, 1.82) is 0 Å². The van der Waals surface area contributed by atoms with Crippen LogP contribution in [0, 0.1) is 0 Å². The summed E-state index contributed by atoms with van der Waals surface area (Å²) >= 11 is 0. The summed E-state index contributed by atoms with van der Waals surface area (Å²) in [5.74, 6) is -1.56. The molecule has 0 atom stereocenters. The number of rotatable bonds is 9. The van der Waals surface area contributed by atoms with E-state index in [2.05, 4.69) is 9.58 Å². The van der Waals surface area contributed by atoms with E-state index in [9.17, 15) is 20.7 Å². The number of ether oxygens (including phenoxy) is 2. The minimum absolute atomic E-state index is 0.122. The number of hydrogen-bond acceptors (Lipinski definition) is 4. The van der Waals surface area contributed by atoms with Crippen molar-refractivity contribution in [3.8, 4) is 11.1 Å². The number of esters is 2. The van der Waals surface area contributed by atoms with E-state index in [-0.39, 0.29) is 24.6 Å². The van der Waals surface area contributed by atoms with Gasteiger partial charge in [0, 0.05) is 0 Å². The maximum Gasteiger partial charge on any atom is 0.422 e. The van der Waals surface area contributed by atoms with Gasteiger partial charge in [0.05, 0.1) is 11.1 Å². The average Bonchev–Trinajstić information content (AvgIpc) is 3.11. The molecule has 8 heteroatoms. The number of carbonyl (C=O) groups excluding carboxylic acids is 2. The van der Waals surface area contributed by atoms with Crippen molar-refractivity contribution in [3.63, 3.8) is 0 Å². The second kappa shape index (κ2) is 13.5. The minimum Gasteiger partial charge on any atom is -0.452 e. The largest absolute Gasteiger partial charge is 0.452 e. The van der Waals surface area contributed by atoms with Gasteiger partial charge in [0.2, 0.25) is 0 Å². The quantitative estimate of drug-likeness (QED) is 0.0752. The summed E-state index contributed by atoms with van der Waals surface area (Å²) in [5.41, 5.74) is 22.7. The third-order valence-corrected chi connectivity index (χ3v) is 7.68. The van der Waals surface area contributed by atoms with E-state index in [1.165, 1.54) is 0 Å². The molecule has 0 aromatic heterocycles. The first kappa shape index (κ1) is 29.6. The first-order chi connectivity index (χ1) is 22.6. The zero-order valence-corrected chi connectivity index (χ0v) is 24.5. The van der Waals surface area contributed by atoms with Gasteiger partial charge in [-0.3, -0.25) is 0 Å². The van der Waals surface area contributed by atoms with E-state index in [1.807, 2.05) is 72.8 Å². The first-order valence-electron chi connectivity index (χ1n) is 14.5. The van der Waals surface area contributed by atoms with Crippen molar-refractivity contribution in [1.82, 2.24) is 0 Å². The molecule has 0 aliphatic carbocycles. The second-order valence-electron chi connectivity index (χ2n) is 10.4. The van der Waals surface area contributed by atoms with Crippen LogP contribution in [0.5, 0.6) is 0 Å². The lowest BCUT2D eigenvalue weighted by molar-refractivity contribution is -0.141. The summed E-state index contributed by atoms with van der Waals surface area (Å²) in [4.78, 5) is 32.7. The van der Waals surface area contributed by atoms with Gasteiger partial charge in [-0.1, -0.05) is 109 Å². The van der Waals surface area contributed by atoms with Gasteiger partial charge in [0.1, 0.15) is 13.2 Å². The molecule has 6 aromatic rings. The molecular formula is C38H26N4O4. The Hall–Kier alpha value is -6.46. The smallest absolute Gasteiger partial charge is 0.422 e. The summed E-state index contributed by atoms with van der Waals surface area (Å²) in [6.07, 6.45) is 0. The van der Waals surface area contributed by atoms with Crippen LogP contribution in [0.25, 0.3) is 43.7 Å². The van der Waals surface area contributed by atoms with E-state index in [0.29, 0.717) is 22.3 Å². The van der Waals surface area contributed by atoms with Gasteiger partial charge in [-0.15, -0.1) is 0 Å². The Morgan fingerprint density at radius 3 is 1.24 bits per heavy atom. The lowest BCUT2D eigenvalue weighted by Crippen LogP contribution is -2.20. The van der Waals surface area contributed by atoms with Gasteiger partial charge in [0.15, 0.2) is 0 Å². The topological polar surface area (TPSA) is 125 Å². The SMILES string of the molecule is [N-]=[N+]=C(C(=O)OCc1ccc2ccccc2c1-c1c(COC(=O)C(=[N+]=[N-])c2ccccc2)ccc2ccccc12)c1ccccc1. The summed E-state index contributed by atoms with van der Waals surface area (Å²) in [5, 5.41) is 3.73. The molecule has 0 saturated carbocycles. The molecule has 0 heterocycles. The Balaban J connectivity index is 1.43. The maximum atomic E-state index is 13.1. The predicted molar refractivity (Wildman–Crippen MR) is 175 cm³/mol. The third-order valence-electron chi connectivity index (χ3n) is 7.68. The molecule has 0 radical (unpaired) electrons.